The molecule has 1 unspecified atom stereocenters. The minimum absolute atomic E-state index is 0.393. The van der Waals surface area contributed by atoms with Crippen LogP contribution in [0.3, 0.4) is 0 Å². The molecule has 1 heterocycles. The first-order chi connectivity index (χ1) is 9.72. The van der Waals surface area contributed by atoms with Crippen LogP contribution in [-0.2, 0) is 0 Å². The number of nitrogens with one attached hydrogen (secondary N) is 1. The van der Waals surface area contributed by atoms with Gasteiger partial charge in [-0.1, -0.05) is 30.3 Å². The van der Waals surface area contributed by atoms with Gasteiger partial charge in [0.05, 0.1) is 6.10 Å². The van der Waals surface area contributed by atoms with Crippen LogP contribution < -0.4 is 11.1 Å². The number of anilines is 2. The molecule has 3 rings (SSSR count). The summed E-state index contributed by atoms with van der Waals surface area (Å²) in [5.74, 6) is 2.41. The van der Waals surface area contributed by atoms with Crippen molar-refractivity contribution < 1.29 is 5.11 Å². The maximum absolute atomic E-state index is 10.1. The van der Waals surface area contributed by atoms with Crippen LogP contribution in [0.15, 0.2) is 36.4 Å². The number of aliphatic hydroxyl groups excluding tert-OH is 1. The Bertz CT molecular complexity index is 584. The van der Waals surface area contributed by atoms with Crippen molar-refractivity contribution in [2.75, 3.05) is 17.6 Å². The van der Waals surface area contributed by atoms with Crippen molar-refractivity contribution in [3.05, 3.63) is 47.8 Å². The van der Waals surface area contributed by atoms with Gasteiger partial charge in [-0.2, -0.15) is 0 Å². The Morgan fingerprint density at radius 2 is 2.00 bits per heavy atom. The lowest BCUT2D eigenvalue weighted by Gasteiger charge is -2.13. The van der Waals surface area contributed by atoms with Crippen molar-refractivity contribution >= 4 is 11.6 Å². The van der Waals surface area contributed by atoms with Gasteiger partial charge in [0, 0.05) is 18.5 Å². The zero-order chi connectivity index (χ0) is 13.9. The predicted octanol–water partition coefficient (Wildman–Crippen LogP) is 2.08. The molecule has 0 aliphatic heterocycles. The normalized spacial score (nSPS) is 15.8. The van der Waals surface area contributed by atoms with E-state index in [0.717, 1.165) is 24.2 Å². The molecule has 2 aromatic rings. The van der Waals surface area contributed by atoms with Gasteiger partial charge in [0.25, 0.3) is 0 Å². The second kappa shape index (κ2) is 5.46. The highest BCUT2D eigenvalue weighted by Crippen LogP contribution is 2.38. The molecule has 0 saturated heterocycles. The Hall–Kier alpha value is -2.14. The van der Waals surface area contributed by atoms with Crippen LogP contribution in [0.25, 0.3) is 0 Å². The number of hydrogen-bond donors (Lipinski definition) is 3. The molecule has 1 atom stereocenters. The quantitative estimate of drug-likeness (QED) is 0.774. The lowest BCUT2D eigenvalue weighted by Crippen LogP contribution is -2.14. The topological polar surface area (TPSA) is 84.1 Å². The molecule has 1 saturated carbocycles. The van der Waals surface area contributed by atoms with Crippen LogP contribution in [0, 0.1) is 0 Å². The number of nitrogens with two attached hydrogens (primary N) is 1. The SMILES string of the molecule is Nc1cc(NCC(O)c2ccccc2)nc(C2CC2)n1. The van der Waals surface area contributed by atoms with Gasteiger partial charge in [0.15, 0.2) is 0 Å². The van der Waals surface area contributed by atoms with E-state index in [4.69, 9.17) is 5.73 Å². The number of nitrogens with zero attached hydrogens (tertiary/aromatic N) is 2. The second-order valence-electron chi connectivity index (χ2n) is 5.12. The lowest BCUT2D eigenvalue weighted by atomic mass is 10.1. The van der Waals surface area contributed by atoms with Crippen LogP contribution in [0.1, 0.15) is 36.3 Å². The summed E-state index contributed by atoms with van der Waals surface area (Å²) in [4.78, 5) is 8.69. The first kappa shape index (κ1) is 12.9. The van der Waals surface area contributed by atoms with Gasteiger partial charge in [-0.05, 0) is 18.4 Å². The van der Waals surface area contributed by atoms with E-state index >= 15 is 0 Å². The molecule has 1 aromatic carbocycles. The second-order valence-corrected chi connectivity index (χ2v) is 5.12. The number of benzene rings is 1. The number of aliphatic hydroxyl groups is 1. The molecule has 1 aliphatic carbocycles. The Morgan fingerprint density at radius 3 is 2.70 bits per heavy atom. The van der Waals surface area contributed by atoms with E-state index in [0.29, 0.717) is 24.1 Å². The summed E-state index contributed by atoms with van der Waals surface area (Å²) in [5.41, 5.74) is 6.67. The Morgan fingerprint density at radius 1 is 1.25 bits per heavy atom. The van der Waals surface area contributed by atoms with Crippen molar-refractivity contribution in [2.45, 2.75) is 24.9 Å². The largest absolute Gasteiger partial charge is 0.387 e. The minimum Gasteiger partial charge on any atom is -0.387 e. The summed E-state index contributed by atoms with van der Waals surface area (Å²) in [5, 5.41) is 13.2. The van der Waals surface area contributed by atoms with Crippen LogP contribution in [0.5, 0.6) is 0 Å². The van der Waals surface area contributed by atoms with Crippen molar-refractivity contribution in [2.24, 2.45) is 0 Å². The van der Waals surface area contributed by atoms with Crippen molar-refractivity contribution in [1.82, 2.24) is 9.97 Å². The number of aromatic nitrogens is 2. The standard InChI is InChI=1S/C15H18N4O/c16-13-8-14(19-15(18-13)11-6-7-11)17-9-12(20)10-4-2-1-3-5-10/h1-5,8,11-12,20H,6-7,9H2,(H3,16,17,18,19). The monoisotopic (exact) mass is 270 g/mol. The van der Waals surface area contributed by atoms with E-state index in [1.807, 2.05) is 30.3 Å². The molecule has 0 amide bonds. The van der Waals surface area contributed by atoms with Gasteiger partial charge < -0.3 is 16.2 Å². The fourth-order valence-corrected chi connectivity index (χ4v) is 2.09. The van der Waals surface area contributed by atoms with E-state index < -0.39 is 6.10 Å². The van der Waals surface area contributed by atoms with E-state index in [2.05, 4.69) is 15.3 Å². The third kappa shape index (κ3) is 3.05. The molecule has 1 aromatic heterocycles. The number of nitrogen functional groups attached to an aromatic ring is 1. The molecule has 104 valence electrons. The smallest absolute Gasteiger partial charge is 0.136 e. The Kier molecular flexibility index (Phi) is 3.52. The van der Waals surface area contributed by atoms with Gasteiger partial charge in [-0.3, -0.25) is 0 Å². The summed E-state index contributed by atoms with van der Waals surface area (Å²) in [6.07, 6.45) is 1.70. The van der Waals surface area contributed by atoms with Gasteiger partial charge in [0.2, 0.25) is 0 Å². The molecule has 0 bridgehead atoms. The molecule has 5 nitrogen and oxygen atoms in total. The Balaban J connectivity index is 1.66. The first-order valence-electron chi connectivity index (χ1n) is 6.83. The lowest BCUT2D eigenvalue weighted by molar-refractivity contribution is 0.191. The molecular weight excluding hydrogens is 252 g/mol. The Labute approximate surface area is 117 Å². The van der Waals surface area contributed by atoms with Crippen LogP contribution in [0.4, 0.5) is 11.6 Å². The van der Waals surface area contributed by atoms with Crippen LogP contribution >= 0.6 is 0 Å². The fraction of sp³-hybridized carbons (Fsp3) is 0.333. The fourth-order valence-electron chi connectivity index (χ4n) is 2.09. The third-order valence-corrected chi connectivity index (χ3v) is 3.37. The first-order valence-corrected chi connectivity index (χ1v) is 6.83. The predicted molar refractivity (Wildman–Crippen MR) is 78.3 cm³/mol. The maximum Gasteiger partial charge on any atom is 0.136 e. The molecule has 0 spiro atoms. The molecule has 4 N–H and O–H groups in total. The summed E-state index contributed by atoms with van der Waals surface area (Å²) >= 11 is 0. The van der Waals surface area contributed by atoms with Crippen molar-refractivity contribution in [3.8, 4) is 0 Å². The molecular formula is C15H18N4O. The molecule has 0 radical (unpaired) electrons. The van der Waals surface area contributed by atoms with Gasteiger partial charge in [0.1, 0.15) is 17.5 Å². The third-order valence-electron chi connectivity index (χ3n) is 3.37. The zero-order valence-corrected chi connectivity index (χ0v) is 11.2. The summed E-state index contributed by atoms with van der Waals surface area (Å²) in [7, 11) is 0. The van der Waals surface area contributed by atoms with E-state index in [1.54, 1.807) is 6.07 Å². The van der Waals surface area contributed by atoms with Crippen molar-refractivity contribution in [1.29, 1.82) is 0 Å². The van der Waals surface area contributed by atoms with E-state index in [-0.39, 0.29) is 0 Å². The van der Waals surface area contributed by atoms with E-state index in [1.165, 1.54) is 0 Å². The van der Waals surface area contributed by atoms with Gasteiger partial charge in [-0.15, -0.1) is 0 Å². The number of rotatable bonds is 5. The molecule has 1 fully saturated rings. The zero-order valence-electron chi connectivity index (χ0n) is 11.2. The maximum atomic E-state index is 10.1. The van der Waals surface area contributed by atoms with Crippen molar-refractivity contribution in [3.63, 3.8) is 0 Å². The summed E-state index contributed by atoms with van der Waals surface area (Å²) in [6, 6.07) is 11.2. The van der Waals surface area contributed by atoms with Crippen LogP contribution in [0.2, 0.25) is 0 Å². The molecule has 5 heteroatoms. The number of hydrogen-bond acceptors (Lipinski definition) is 5. The highest BCUT2D eigenvalue weighted by Gasteiger charge is 2.27. The minimum atomic E-state index is -0.572. The molecule has 1 aliphatic rings. The molecule has 20 heavy (non-hydrogen) atoms. The van der Waals surface area contributed by atoms with Gasteiger partial charge in [-0.25, -0.2) is 9.97 Å². The average molecular weight is 270 g/mol. The highest BCUT2D eigenvalue weighted by atomic mass is 16.3. The summed E-state index contributed by atoms with van der Waals surface area (Å²) in [6.45, 7) is 0.393. The van der Waals surface area contributed by atoms with Gasteiger partial charge >= 0.3 is 0 Å². The highest BCUT2D eigenvalue weighted by molar-refractivity contribution is 5.45. The summed E-state index contributed by atoms with van der Waals surface area (Å²) < 4.78 is 0. The van der Waals surface area contributed by atoms with E-state index in [9.17, 15) is 5.11 Å². The average Bonchev–Trinajstić information content (AvgIpc) is 3.30. The van der Waals surface area contributed by atoms with Crippen LogP contribution in [-0.4, -0.2) is 21.6 Å².